The summed E-state index contributed by atoms with van der Waals surface area (Å²) in [5, 5.41) is 1.81. The topological polar surface area (TPSA) is 38.8 Å². The fourth-order valence-corrected chi connectivity index (χ4v) is 1.39. The molecule has 4 heteroatoms. The highest BCUT2D eigenvalue weighted by atomic mass is 16.7. The van der Waals surface area contributed by atoms with Crippen molar-refractivity contribution in [3.8, 4) is 0 Å². The fourth-order valence-electron chi connectivity index (χ4n) is 1.39. The molecule has 0 N–H and O–H groups in total. The van der Waals surface area contributed by atoms with E-state index in [1.54, 1.807) is 0 Å². The standard InChI is InChI=1S/C8H15NO3/c1-4-9-6(2)5-7(12-9)8(10)11-3/h6-7H,4-5H2,1-3H3/t6-,7-/m1/s1. The Morgan fingerprint density at radius 1 is 1.75 bits per heavy atom. The lowest BCUT2D eigenvalue weighted by Crippen LogP contribution is -2.26. The number of esters is 1. The quantitative estimate of drug-likeness (QED) is 0.572. The van der Waals surface area contributed by atoms with Crippen LogP contribution in [0.1, 0.15) is 20.3 Å². The maximum atomic E-state index is 11.0. The van der Waals surface area contributed by atoms with Crippen LogP contribution in [0.3, 0.4) is 0 Å². The van der Waals surface area contributed by atoms with Crippen molar-refractivity contribution in [3.63, 3.8) is 0 Å². The molecule has 0 aromatic carbocycles. The van der Waals surface area contributed by atoms with Crippen molar-refractivity contribution in [3.05, 3.63) is 0 Å². The number of methoxy groups -OCH3 is 1. The molecule has 0 aromatic heterocycles. The van der Waals surface area contributed by atoms with E-state index >= 15 is 0 Å². The average Bonchev–Trinajstić information content (AvgIpc) is 2.45. The SMILES string of the molecule is CCN1O[C@@H](C(=O)OC)C[C@H]1C. The molecule has 1 heterocycles. The highest BCUT2D eigenvalue weighted by molar-refractivity contribution is 5.74. The molecule has 1 rings (SSSR count). The summed E-state index contributed by atoms with van der Waals surface area (Å²) in [6, 6.07) is 0.305. The van der Waals surface area contributed by atoms with E-state index in [2.05, 4.69) is 4.74 Å². The molecule has 12 heavy (non-hydrogen) atoms. The minimum absolute atomic E-state index is 0.280. The molecule has 1 aliphatic heterocycles. The molecule has 0 aliphatic carbocycles. The first kappa shape index (κ1) is 9.48. The van der Waals surface area contributed by atoms with Crippen LogP contribution in [-0.4, -0.2) is 36.8 Å². The molecular weight excluding hydrogens is 158 g/mol. The van der Waals surface area contributed by atoms with Crippen LogP contribution in [0.5, 0.6) is 0 Å². The van der Waals surface area contributed by atoms with Gasteiger partial charge in [0, 0.05) is 19.0 Å². The van der Waals surface area contributed by atoms with E-state index in [-0.39, 0.29) is 5.97 Å². The molecule has 0 saturated carbocycles. The van der Waals surface area contributed by atoms with E-state index in [1.807, 2.05) is 18.9 Å². The molecule has 1 fully saturated rings. The lowest BCUT2D eigenvalue weighted by molar-refractivity contribution is -0.184. The Balaban J connectivity index is 2.48. The van der Waals surface area contributed by atoms with Crippen LogP contribution in [0, 0.1) is 0 Å². The van der Waals surface area contributed by atoms with Gasteiger partial charge in [-0.2, -0.15) is 5.06 Å². The van der Waals surface area contributed by atoms with Gasteiger partial charge < -0.3 is 4.74 Å². The van der Waals surface area contributed by atoms with Gasteiger partial charge in [-0.25, -0.2) is 4.79 Å². The van der Waals surface area contributed by atoms with Gasteiger partial charge in [0.2, 0.25) is 0 Å². The van der Waals surface area contributed by atoms with Gasteiger partial charge in [-0.05, 0) is 6.92 Å². The monoisotopic (exact) mass is 173 g/mol. The molecule has 70 valence electrons. The first-order valence-electron chi connectivity index (χ1n) is 4.20. The zero-order chi connectivity index (χ0) is 9.14. The number of hydroxylamine groups is 2. The van der Waals surface area contributed by atoms with Gasteiger partial charge in [0.05, 0.1) is 7.11 Å². The van der Waals surface area contributed by atoms with Crippen LogP contribution < -0.4 is 0 Å². The van der Waals surface area contributed by atoms with Crippen molar-refractivity contribution in [1.82, 2.24) is 5.06 Å². The van der Waals surface area contributed by atoms with E-state index in [0.717, 1.165) is 13.0 Å². The minimum Gasteiger partial charge on any atom is -0.467 e. The summed E-state index contributed by atoms with van der Waals surface area (Å²) >= 11 is 0. The first-order chi connectivity index (χ1) is 5.69. The molecule has 0 spiro atoms. The number of nitrogens with zero attached hydrogens (tertiary/aromatic N) is 1. The average molecular weight is 173 g/mol. The summed E-state index contributed by atoms with van der Waals surface area (Å²) in [5.74, 6) is -0.280. The molecule has 0 aromatic rings. The van der Waals surface area contributed by atoms with Crippen LogP contribution >= 0.6 is 0 Å². The van der Waals surface area contributed by atoms with Gasteiger partial charge in [-0.1, -0.05) is 6.92 Å². The second kappa shape index (κ2) is 3.87. The fraction of sp³-hybridized carbons (Fsp3) is 0.875. The normalized spacial score (nSPS) is 30.6. The first-order valence-corrected chi connectivity index (χ1v) is 4.20. The van der Waals surface area contributed by atoms with Gasteiger partial charge in [-0.15, -0.1) is 0 Å². The Morgan fingerprint density at radius 3 is 2.83 bits per heavy atom. The van der Waals surface area contributed by atoms with E-state index in [1.165, 1.54) is 7.11 Å². The van der Waals surface area contributed by atoms with Crippen LogP contribution in [0.2, 0.25) is 0 Å². The predicted molar refractivity (Wildman–Crippen MR) is 43.3 cm³/mol. The molecule has 0 radical (unpaired) electrons. The highest BCUT2D eigenvalue weighted by Gasteiger charge is 2.34. The number of hydrogen-bond acceptors (Lipinski definition) is 4. The van der Waals surface area contributed by atoms with E-state index in [0.29, 0.717) is 6.04 Å². The lowest BCUT2D eigenvalue weighted by Gasteiger charge is -2.16. The number of carbonyl (C=O) groups excluding carboxylic acids is 1. The van der Waals surface area contributed by atoms with E-state index < -0.39 is 6.10 Å². The summed E-state index contributed by atoms with van der Waals surface area (Å²) in [6.07, 6.45) is 0.325. The largest absolute Gasteiger partial charge is 0.467 e. The Morgan fingerprint density at radius 2 is 2.42 bits per heavy atom. The molecule has 0 unspecified atom stereocenters. The number of ether oxygens (including phenoxy) is 1. The molecule has 1 saturated heterocycles. The molecule has 1 aliphatic rings. The summed E-state index contributed by atoms with van der Waals surface area (Å²) in [7, 11) is 1.38. The Hall–Kier alpha value is -0.610. The van der Waals surface area contributed by atoms with Gasteiger partial charge >= 0.3 is 5.97 Å². The Labute approximate surface area is 72.4 Å². The van der Waals surface area contributed by atoms with Crippen molar-refractivity contribution in [1.29, 1.82) is 0 Å². The lowest BCUT2D eigenvalue weighted by atomic mass is 10.2. The molecule has 0 bridgehead atoms. The third kappa shape index (κ3) is 1.76. The van der Waals surface area contributed by atoms with E-state index in [4.69, 9.17) is 4.84 Å². The maximum absolute atomic E-state index is 11.0. The minimum atomic E-state index is -0.398. The molecular formula is C8H15NO3. The van der Waals surface area contributed by atoms with Crippen molar-refractivity contribution in [2.45, 2.75) is 32.4 Å². The molecule has 0 amide bonds. The van der Waals surface area contributed by atoms with Crippen LogP contribution in [-0.2, 0) is 14.4 Å². The van der Waals surface area contributed by atoms with Crippen molar-refractivity contribution in [2.24, 2.45) is 0 Å². The zero-order valence-electron chi connectivity index (χ0n) is 7.74. The number of rotatable bonds is 2. The summed E-state index contributed by atoms with van der Waals surface area (Å²) in [6.45, 7) is 4.83. The van der Waals surface area contributed by atoms with Crippen molar-refractivity contribution < 1.29 is 14.4 Å². The Bertz CT molecular complexity index is 172. The smallest absolute Gasteiger partial charge is 0.337 e. The highest BCUT2D eigenvalue weighted by Crippen LogP contribution is 2.20. The van der Waals surface area contributed by atoms with Gasteiger partial charge in [0.1, 0.15) is 0 Å². The second-order valence-corrected chi connectivity index (χ2v) is 2.94. The van der Waals surface area contributed by atoms with Crippen LogP contribution in [0.15, 0.2) is 0 Å². The van der Waals surface area contributed by atoms with Crippen LogP contribution in [0.25, 0.3) is 0 Å². The summed E-state index contributed by atoms with van der Waals surface area (Å²) in [4.78, 5) is 16.4. The summed E-state index contributed by atoms with van der Waals surface area (Å²) < 4.78 is 4.58. The van der Waals surface area contributed by atoms with Crippen molar-refractivity contribution >= 4 is 5.97 Å². The maximum Gasteiger partial charge on any atom is 0.337 e. The molecule has 2 atom stereocenters. The van der Waals surface area contributed by atoms with Gasteiger partial charge in [0.15, 0.2) is 6.10 Å². The number of hydrogen-bond donors (Lipinski definition) is 0. The van der Waals surface area contributed by atoms with Crippen molar-refractivity contribution in [2.75, 3.05) is 13.7 Å². The predicted octanol–water partition coefficient (Wildman–Crippen LogP) is 0.574. The zero-order valence-corrected chi connectivity index (χ0v) is 7.74. The number of carbonyl (C=O) groups is 1. The van der Waals surface area contributed by atoms with Gasteiger partial charge in [-0.3, -0.25) is 4.84 Å². The van der Waals surface area contributed by atoms with E-state index in [9.17, 15) is 4.79 Å². The summed E-state index contributed by atoms with van der Waals surface area (Å²) in [5.41, 5.74) is 0. The molecule has 4 nitrogen and oxygen atoms in total. The third-order valence-corrected chi connectivity index (χ3v) is 2.09. The van der Waals surface area contributed by atoms with Gasteiger partial charge in [0.25, 0.3) is 0 Å². The van der Waals surface area contributed by atoms with Crippen LogP contribution in [0.4, 0.5) is 0 Å². The second-order valence-electron chi connectivity index (χ2n) is 2.94. The Kier molecular flexibility index (Phi) is 3.05. The third-order valence-electron chi connectivity index (χ3n) is 2.09.